The van der Waals surface area contributed by atoms with Crippen LogP contribution in [0, 0.1) is 5.41 Å². The Labute approximate surface area is 120 Å². The first-order valence-corrected chi connectivity index (χ1v) is 8.22. The topological polar surface area (TPSA) is 89.3 Å². The maximum atomic E-state index is 12.2. The molecule has 0 aliphatic rings. The van der Waals surface area contributed by atoms with E-state index in [1.165, 1.54) is 18.2 Å². The number of rotatable bonds is 3. The number of carbonyl (C=O) groups excluding carboxylic acids is 1. The monoisotopic (exact) mass is 298 g/mol. The van der Waals surface area contributed by atoms with E-state index in [4.69, 9.17) is 5.73 Å². The maximum Gasteiger partial charge on any atom is 0.251 e. The third-order valence-electron chi connectivity index (χ3n) is 3.27. The van der Waals surface area contributed by atoms with Gasteiger partial charge in [0, 0.05) is 23.5 Å². The van der Waals surface area contributed by atoms with Gasteiger partial charge in [0.05, 0.1) is 4.90 Å². The number of hydrogen-bond donors (Lipinski definition) is 2. The fourth-order valence-electron chi connectivity index (χ4n) is 1.46. The van der Waals surface area contributed by atoms with Crippen LogP contribution in [0.4, 0.5) is 5.69 Å². The van der Waals surface area contributed by atoms with Gasteiger partial charge in [-0.1, -0.05) is 20.8 Å². The molecule has 0 spiro atoms. The molecular weight excluding hydrogens is 276 g/mol. The summed E-state index contributed by atoms with van der Waals surface area (Å²) in [5, 5.41) is 2.85. The van der Waals surface area contributed by atoms with Gasteiger partial charge in [0.25, 0.3) is 5.91 Å². The van der Waals surface area contributed by atoms with Crippen molar-refractivity contribution in [2.75, 3.05) is 12.0 Å². The molecule has 0 aliphatic carbocycles. The predicted octanol–water partition coefficient (Wildman–Crippen LogP) is 1.84. The molecule has 6 heteroatoms. The van der Waals surface area contributed by atoms with Gasteiger partial charge in [-0.25, -0.2) is 8.42 Å². The van der Waals surface area contributed by atoms with E-state index in [0.717, 1.165) is 6.26 Å². The van der Waals surface area contributed by atoms with Gasteiger partial charge < -0.3 is 11.1 Å². The zero-order chi connectivity index (χ0) is 15.7. The van der Waals surface area contributed by atoms with Crippen LogP contribution in [0.15, 0.2) is 23.1 Å². The first kappa shape index (κ1) is 16.5. The minimum Gasteiger partial charge on any atom is -0.399 e. The first-order chi connectivity index (χ1) is 8.91. The molecule has 0 aliphatic heterocycles. The van der Waals surface area contributed by atoms with Gasteiger partial charge in [-0.2, -0.15) is 0 Å². The highest BCUT2D eigenvalue weighted by Gasteiger charge is 2.23. The van der Waals surface area contributed by atoms with Crippen molar-refractivity contribution < 1.29 is 13.2 Å². The Bertz CT molecular complexity index is 616. The molecule has 112 valence electrons. The summed E-state index contributed by atoms with van der Waals surface area (Å²) in [7, 11) is -3.40. The van der Waals surface area contributed by atoms with E-state index >= 15 is 0 Å². The van der Waals surface area contributed by atoms with E-state index in [-0.39, 0.29) is 33.5 Å². The van der Waals surface area contributed by atoms with Crippen LogP contribution in [-0.2, 0) is 9.84 Å². The average Bonchev–Trinajstić information content (AvgIpc) is 2.25. The Morgan fingerprint density at radius 2 is 1.80 bits per heavy atom. The van der Waals surface area contributed by atoms with Gasteiger partial charge in [-0.3, -0.25) is 4.79 Å². The number of nitrogens with two attached hydrogens (primary N) is 1. The van der Waals surface area contributed by atoms with Crippen molar-refractivity contribution in [1.82, 2.24) is 5.32 Å². The summed E-state index contributed by atoms with van der Waals surface area (Å²) in [6.45, 7) is 7.94. The van der Waals surface area contributed by atoms with Gasteiger partial charge in [-0.05, 0) is 30.5 Å². The van der Waals surface area contributed by atoms with Crippen LogP contribution in [0.3, 0.4) is 0 Å². The lowest BCUT2D eigenvalue weighted by Gasteiger charge is -2.28. The molecule has 0 heterocycles. The minimum absolute atomic E-state index is 0.0473. The molecule has 1 rings (SSSR count). The highest BCUT2D eigenvalue weighted by Crippen LogP contribution is 2.20. The van der Waals surface area contributed by atoms with E-state index in [0.29, 0.717) is 0 Å². The van der Waals surface area contributed by atoms with Crippen LogP contribution >= 0.6 is 0 Å². The molecule has 0 radical (unpaired) electrons. The Hall–Kier alpha value is -1.56. The van der Waals surface area contributed by atoms with E-state index in [2.05, 4.69) is 5.32 Å². The number of carbonyl (C=O) groups is 1. The summed E-state index contributed by atoms with van der Waals surface area (Å²) < 4.78 is 23.1. The van der Waals surface area contributed by atoms with Crippen molar-refractivity contribution in [3.8, 4) is 0 Å². The Balaban J connectivity index is 3.09. The van der Waals surface area contributed by atoms with Crippen LogP contribution in [0.25, 0.3) is 0 Å². The van der Waals surface area contributed by atoms with E-state index < -0.39 is 9.84 Å². The van der Waals surface area contributed by atoms with Crippen LogP contribution in [0.2, 0.25) is 0 Å². The summed E-state index contributed by atoms with van der Waals surface area (Å²) in [6.07, 6.45) is 1.08. The standard InChI is InChI=1S/C14H22N2O3S/c1-9(14(2,3)4)16-13(17)10-6-11(15)8-12(7-10)20(5,18)19/h6-9H,15H2,1-5H3,(H,16,17). The van der Waals surface area contributed by atoms with Crippen molar-refractivity contribution in [2.45, 2.75) is 38.6 Å². The summed E-state index contributed by atoms with van der Waals surface area (Å²) in [5.74, 6) is -0.329. The summed E-state index contributed by atoms with van der Waals surface area (Å²) >= 11 is 0. The number of benzene rings is 1. The summed E-state index contributed by atoms with van der Waals surface area (Å²) in [5.41, 5.74) is 6.08. The average molecular weight is 298 g/mol. The molecule has 1 atom stereocenters. The van der Waals surface area contributed by atoms with Crippen LogP contribution in [0.5, 0.6) is 0 Å². The second kappa shape index (κ2) is 5.44. The Morgan fingerprint density at radius 3 is 2.25 bits per heavy atom. The third kappa shape index (κ3) is 4.23. The van der Waals surface area contributed by atoms with Crippen molar-refractivity contribution >= 4 is 21.4 Å². The van der Waals surface area contributed by atoms with Gasteiger partial charge in [0.1, 0.15) is 0 Å². The number of nitrogen functional groups attached to an aromatic ring is 1. The number of nitrogens with one attached hydrogen (secondary N) is 1. The Kier molecular flexibility index (Phi) is 4.49. The van der Waals surface area contributed by atoms with Gasteiger partial charge in [0.2, 0.25) is 0 Å². The maximum absolute atomic E-state index is 12.2. The van der Waals surface area contributed by atoms with Gasteiger partial charge in [-0.15, -0.1) is 0 Å². The van der Waals surface area contributed by atoms with Crippen LogP contribution in [0.1, 0.15) is 38.1 Å². The number of sulfone groups is 1. The molecule has 0 saturated heterocycles. The molecule has 5 nitrogen and oxygen atoms in total. The van der Waals surface area contributed by atoms with Crippen molar-refractivity contribution in [1.29, 1.82) is 0 Å². The lowest BCUT2D eigenvalue weighted by atomic mass is 9.88. The molecule has 3 N–H and O–H groups in total. The normalized spacial score (nSPS) is 13.8. The highest BCUT2D eigenvalue weighted by molar-refractivity contribution is 7.90. The zero-order valence-corrected chi connectivity index (χ0v) is 13.3. The molecule has 0 bridgehead atoms. The lowest BCUT2D eigenvalue weighted by molar-refractivity contribution is 0.0910. The number of anilines is 1. The second-order valence-electron chi connectivity index (χ2n) is 6.12. The largest absolute Gasteiger partial charge is 0.399 e. The van der Waals surface area contributed by atoms with E-state index in [9.17, 15) is 13.2 Å². The first-order valence-electron chi connectivity index (χ1n) is 6.33. The van der Waals surface area contributed by atoms with Crippen molar-refractivity contribution in [3.63, 3.8) is 0 Å². The molecule has 1 unspecified atom stereocenters. The molecule has 0 aromatic heterocycles. The van der Waals surface area contributed by atoms with E-state index in [1.807, 2.05) is 27.7 Å². The smallest absolute Gasteiger partial charge is 0.251 e. The number of amides is 1. The van der Waals surface area contributed by atoms with Crippen molar-refractivity contribution in [2.24, 2.45) is 5.41 Å². The molecule has 1 aromatic rings. The van der Waals surface area contributed by atoms with Gasteiger partial charge in [0.15, 0.2) is 9.84 Å². The molecule has 1 aromatic carbocycles. The molecule has 0 fully saturated rings. The second-order valence-corrected chi connectivity index (χ2v) is 8.14. The van der Waals surface area contributed by atoms with Crippen molar-refractivity contribution in [3.05, 3.63) is 23.8 Å². The summed E-state index contributed by atoms with van der Waals surface area (Å²) in [6, 6.07) is 4.10. The minimum atomic E-state index is -3.40. The molecule has 20 heavy (non-hydrogen) atoms. The number of hydrogen-bond acceptors (Lipinski definition) is 4. The summed E-state index contributed by atoms with van der Waals surface area (Å²) in [4.78, 5) is 12.2. The Morgan fingerprint density at radius 1 is 1.25 bits per heavy atom. The highest BCUT2D eigenvalue weighted by atomic mass is 32.2. The van der Waals surface area contributed by atoms with Crippen LogP contribution in [-0.4, -0.2) is 26.6 Å². The fourth-order valence-corrected chi connectivity index (χ4v) is 2.15. The molecular formula is C14H22N2O3S. The van der Waals surface area contributed by atoms with Gasteiger partial charge >= 0.3 is 0 Å². The lowest BCUT2D eigenvalue weighted by Crippen LogP contribution is -2.41. The SMILES string of the molecule is CC(NC(=O)c1cc(N)cc(S(C)(=O)=O)c1)C(C)(C)C. The predicted molar refractivity (Wildman–Crippen MR) is 80.3 cm³/mol. The van der Waals surface area contributed by atoms with E-state index in [1.54, 1.807) is 0 Å². The third-order valence-corrected chi connectivity index (χ3v) is 4.36. The zero-order valence-electron chi connectivity index (χ0n) is 12.5. The molecule has 0 saturated carbocycles. The quantitative estimate of drug-likeness (QED) is 0.833. The molecule has 1 amide bonds. The fraction of sp³-hybridized carbons (Fsp3) is 0.500. The van der Waals surface area contributed by atoms with Crippen LogP contribution < -0.4 is 11.1 Å².